The van der Waals surface area contributed by atoms with Gasteiger partial charge in [0.05, 0.1) is 18.1 Å². The fourth-order valence-electron chi connectivity index (χ4n) is 4.47. The molecule has 2 aliphatic carbocycles. The number of ether oxygens (including phenoxy) is 1. The Kier molecular flexibility index (Phi) is 3.61. The number of benzene rings is 1. The van der Waals surface area contributed by atoms with Gasteiger partial charge >= 0.3 is 0 Å². The van der Waals surface area contributed by atoms with Gasteiger partial charge in [0.15, 0.2) is 0 Å². The summed E-state index contributed by atoms with van der Waals surface area (Å²) in [5, 5.41) is 11.1. The predicted molar refractivity (Wildman–Crippen MR) is 80.3 cm³/mol. The second kappa shape index (κ2) is 5.30. The highest BCUT2D eigenvalue weighted by Gasteiger charge is 2.49. The number of non-ortho nitro benzene ring substituents is 1. The van der Waals surface area contributed by atoms with Crippen molar-refractivity contribution in [2.75, 3.05) is 13.7 Å². The Balaban J connectivity index is 1.90. The second-order valence-corrected chi connectivity index (χ2v) is 6.62. The first-order valence-electron chi connectivity index (χ1n) is 7.59. The van der Waals surface area contributed by atoms with Gasteiger partial charge in [-0.25, -0.2) is 0 Å². The molecular formula is C16H22N2O3. The maximum atomic E-state index is 11.1. The van der Waals surface area contributed by atoms with Crippen molar-refractivity contribution in [2.24, 2.45) is 23.0 Å². The number of nitrogens with two attached hydrogens (primary N) is 1. The first kappa shape index (κ1) is 14.3. The molecular weight excluding hydrogens is 268 g/mol. The van der Waals surface area contributed by atoms with E-state index in [1.165, 1.54) is 31.7 Å². The number of fused-ring (bicyclic) bond motifs is 2. The molecule has 0 aromatic heterocycles. The largest absolute Gasteiger partial charge is 0.496 e. The van der Waals surface area contributed by atoms with E-state index in [9.17, 15) is 10.1 Å². The highest BCUT2D eigenvalue weighted by molar-refractivity contribution is 5.43. The van der Waals surface area contributed by atoms with Crippen LogP contribution in [0.25, 0.3) is 0 Å². The van der Waals surface area contributed by atoms with E-state index in [2.05, 4.69) is 0 Å². The molecule has 1 aromatic rings. The molecule has 2 bridgehead atoms. The van der Waals surface area contributed by atoms with Crippen LogP contribution in [0.15, 0.2) is 18.2 Å². The maximum Gasteiger partial charge on any atom is 0.273 e. The molecule has 1 aromatic carbocycles. The quantitative estimate of drug-likeness (QED) is 0.668. The molecule has 0 saturated heterocycles. The van der Waals surface area contributed by atoms with E-state index in [1.54, 1.807) is 13.2 Å². The van der Waals surface area contributed by atoms with E-state index in [4.69, 9.17) is 10.5 Å². The van der Waals surface area contributed by atoms with Crippen molar-refractivity contribution < 1.29 is 9.66 Å². The SMILES string of the molecule is COc1cc(CC2(CN)CC3CCC2C3)cc([N+](=O)[O-])c1. The van der Waals surface area contributed by atoms with Gasteiger partial charge in [-0.3, -0.25) is 10.1 Å². The first-order valence-corrected chi connectivity index (χ1v) is 7.59. The van der Waals surface area contributed by atoms with Gasteiger partial charge in [0.25, 0.3) is 5.69 Å². The average Bonchev–Trinajstić information content (AvgIpc) is 3.07. The van der Waals surface area contributed by atoms with Crippen LogP contribution in [0.2, 0.25) is 0 Å². The molecule has 0 heterocycles. The Hall–Kier alpha value is -1.62. The minimum atomic E-state index is -0.359. The van der Waals surface area contributed by atoms with Crippen LogP contribution in [0.1, 0.15) is 31.2 Å². The summed E-state index contributed by atoms with van der Waals surface area (Å²) in [6, 6.07) is 5.06. The molecule has 2 saturated carbocycles. The normalized spacial score (nSPS) is 30.6. The molecule has 3 rings (SSSR count). The van der Waals surface area contributed by atoms with Crippen LogP contribution in [-0.2, 0) is 6.42 Å². The highest BCUT2D eigenvalue weighted by Crippen LogP contribution is 2.56. The summed E-state index contributed by atoms with van der Waals surface area (Å²) in [5.74, 6) is 2.03. The topological polar surface area (TPSA) is 78.4 Å². The van der Waals surface area contributed by atoms with Gasteiger partial charge in [0.2, 0.25) is 0 Å². The Morgan fingerprint density at radius 2 is 2.24 bits per heavy atom. The molecule has 3 unspecified atom stereocenters. The van der Waals surface area contributed by atoms with E-state index >= 15 is 0 Å². The zero-order valence-corrected chi connectivity index (χ0v) is 12.4. The second-order valence-electron chi connectivity index (χ2n) is 6.62. The van der Waals surface area contributed by atoms with Gasteiger partial charge in [-0.1, -0.05) is 6.42 Å². The maximum absolute atomic E-state index is 11.1. The minimum Gasteiger partial charge on any atom is -0.496 e. The van der Waals surface area contributed by atoms with Crippen LogP contribution in [-0.4, -0.2) is 18.6 Å². The Morgan fingerprint density at radius 1 is 1.43 bits per heavy atom. The molecule has 2 aliphatic rings. The van der Waals surface area contributed by atoms with Gasteiger partial charge in [-0.2, -0.15) is 0 Å². The smallest absolute Gasteiger partial charge is 0.273 e. The van der Waals surface area contributed by atoms with Gasteiger partial charge in [-0.15, -0.1) is 0 Å². The first-order chi connectivity index (χ1) is 10.1. The lowest BCUT2D eigenvalue weighted by molar-refractivity contribution is -0.385. The van der Waals surface area contributed by atoms with E-state index < -0.39 is 0 Å². The summed E-state index contributed by atoms with van der Waals surface area (Å²) >= 11 is 0. The van der Waals surface area contributed by atoms with Crippen LogP contribution in [0.3, 0.4) is 0 Å². The predicted octanol–water partition coefficient (Wildman–Crippen LogP) is 2.91. The van der Waals surface area contributed by atoms with Gasteiger partial charge in [0.1, 0.15) is 5.75 Å². The number of hydrogen-bond donors (Lipinski definition) is 1. The molecule has 5 nitrogen and oxygen atoms in total. The van der Waals surface area contributed by atoms with Crippen molar-refractivity contribution in [1.82, 2.24) is 0 Å². The number of hydrogen-bond acceptors (Lipinski definition) is 4. The molecule has 2 N–H and O–H groups in total. The third kappa shape index (κ3) is 2.50. The van der Waals surface area contributed by atoms with Crippen molar-refractivity contribution in [3.05, 3.63) is 33.9 Å². The number of nitro benzene ring substituents is 1. The molecule has 0 spiro atoms. The summed E-state index contributed by atoms with van der Waals surface area (Å²) in [4.78, 5) is 10.7. The molecule has 5 heteroatoms. The lowest BCUT2D eigenvalue weighted by Crippen LogP contribution is -2.37. The number of nitro groups is 1. The monoisotopic (exact) mass is 290 g/mol. The van der Waals surface area contributed by atoms with Gasteiger partial charge in [0, 0.05) is 6.07 Å². The van der Waals surface area contributed by atoms with Crippen molar-refractivity contribution in [1.29, 1.82) is 0 Å². The summed E-state index contributed by atoms with van der Waals surface area (Å²) in [5.41, 5.74) is 7.30. The van der Waals surface area contributed by atoms with Crippen molar-refractivity contribution in [2.45, 2.75) is 32.1 Å². The molecule has 3 atom stereocenters. The van der Waals surface area contributed by atoms with Crippen molar-refractivity contribution in [3.63, 3.8) is 0 Å². The van der Waals surface area contributed by atoms with E-state index in [0.29, 0.717) is 18.2 Å². The van der Waals surface area contributed by atoms with E-state index in [0.717, 1.165) is 17.9 Å². The molecule has 2 fully saturated rings. The van der Waals surface area contributed by atoms with Crippen LogP contribution >= 0.6 is 0 Å². The lowest BCUT2D eigenvalue weighted by atomic mass is 9.69. The molecule has 114 valence electrons. The standard InChI is InChI=1S/C16H22N2O3/c1-21-15-6-12(5-14(7-15)18(19)20)9-16(10-17)8-11-2-3-13(16)4-11/h5-7,11,13H,2-4,8-10,17H2,1H3. The zero-order chi connectivity index (χ0) is 15.0. The van der Waals surface area contributed by atoms with Crippen LogP contribution < -0.4 is 10.5 Å². The van der Waals surface area contributed by atoms with Crippen LogP contribution in [0.4, 0.5) is 5.69 Å². The van der Waals surface area contributed by atoms with E-state index in [1.807, 2.05) is 6.07 Å². The fraction of sp³-hybridized carbons (Fsp3) is 0.625. The molecule has 0 aliphatic heterocycles. The Bertz CT molecular complexity index is 560. The summed E-state index contributed by atoms with van der Waals surface area (Å²) in [7, 11) is 1.54. The summed E-state index contributed by atoms with van der Waals surface area (Å²) in [6.45, 7) is 0.666. The highest BCUT2D eigenvalue weighted by atomic mass is 16.6. The van der Waals surface area contributed by atoms with Crippen LogP contribution in [0.5, 0.6) is 5.75 Å². The lowest BCUT2D eigenvalue weighted by Gasteiger charge is -2.37. The minimum absolute atomic E-state index is 0.0969. The molecule has 0 amide bonds. The molecule has 0 radical (unpaired) electrons. The van der Waals surface area contributed by atoms with Crippen LogP contribution in [0, 0.1) is 27.4 Å². The summed E-state index contributed by atoms with van der Waals surface area (Å²) < 4.78 is 5.20. The van der Waals surface area contributed by atoms with E-state index in [-0.39, 0.29) is 16.0 Å². The third-order valence-electron chi connectivity index (χ3n) is 5.46. The Labute approximate surface area is 124 Å². The summed E-state index contributed by atoms with van der Waals surface area (Å²) in [6.07, 6.45) is 5.85. The number of methoxy groups -OCH3 is 1. The van der Waals surface area contributed by atoms with Crippen molar-refractivity contribution in [3.8, 4) is 5.75 Å². The number of nitrogens with zero attached hydrogens (tertiary/aromatic N) is 1. The fourth-order valence-corrected chi connectivity index (χ4v) is 4.47. The molecule has 21 heavy (non-hydrogen) atoms. The zero-order valence-electron chi connectivity index (χ0n) is 12.4. The van der Waals surface area contributed by atoms with Gasteiger partial charge in [-0.05, 0) is 61.1 Å². The Morgan fingerprint density at radius 3 is 2.76 bits per heavy atom. The van der Waals surface area contributed by atoms with Crippen molar-refractivity contribution >= 4 is 5.69 Å². The average molecular weight is 290 g/mol. The third-order valence-corrected chi connectivity index (χ3v) is 5.46. The van der Waals surface area contributed by atoms with Gasteiger partial charge < -0.3 is 10.5 Å². The number of rotatable bonds is 5.